The zero-order chi connectivity index (χ0) is 20.5. The van der Waals surface area contributed by atoms with E-state index >= 15 is 0 Å². The van der Waals surface area contributed by atoms with E-state index in [0.717, 1.165) is 44.4 Å². The third-order valence-electron chi connectivity index (χ3n) is 6.10. The van der Waals surface area contributed by atoms with E-state index < -0.39 is 0 Å². The molecule has 1 aromatic rings. The summed E-state index contributed by atoms with van der Waals surface area (Å²) in [7, 11) is 0. The van der Waals surface area contributed by atoms with E-state index in [0.29, 0.717) is 17.2 Å². The number of guanidine groups is 1. The van der Waals surface area contributed by atoms with E-state index in [4.69, 9.17) is 5.26 Å². The maximum absolute atomic E-state index is 14.1. The van der Waals surface area contributed by atoms with Gasteiger partial charge in [0.15, 0.2) is 5.96 Å². The van der Waals surface area contributed by atoms with Crippen molar-refractivity contribution in [3.8, 4) is 6.07 Å². The van der Waals surface area contributed by atoms with Gasteiger partial charge in [-0.2, -0.15) is 5.26 Å². The molecule has 0 spiro atoms. The summed E-state index contributed by atoms with van der Waals surface area (Å²) in [4.78, 5) is 7.19. The molecule has 3 rings (SSSR count). The minimum absolute atomic E-state index is 0.257. The molecule has 1 saturated heterocycles. The van der Waals surface area contributed by atoms with E-state index in [1.54, 1.807) is 12.1 Å². The fourth-order valence-corrected chi connectivity index (χ4v) is 4.42. The molecule has 6 heteroatoms. The van der Waals surface area contributed by atoms with Crippen LogP contribution in [-0.2, 0) is 6.54 Å². The molecule has 1 aliphatic carbocycles. The summed E-state index contributed by atoms with van der Waals surface area (Å²) in [5.41, 5.74) is 0.837. The summed E-state index contributed by atoms with van der Waals surface area (Å²) in [5, 5.41) is 15.7. The minimum atomic E-state index is -0.375. The van der Waals surface area contributed by atoms with Crippen LogP contribution in [0, 0.1) is 23.1 Å². The van der Waals surface area contributed by atoms with Crippen LogP contribution >= 0.6 is 0 Å². The summed E-state index contributed by atoms with van der Waals surface area (Å²) in [6.07, 6.45) is 9.27. The van der Waals surface area contributed by atoms with Gasteiger partial charge in [-0.3, -0.25) is 0 Å². The number of nitriles is 1. The lowest BCUT2D eigenvalue weighted by Crippen LogP contribution is -2.49. The Hall–Kier alpha value is -2.13. The summed E-state index contributed by atoms with van der Waals surface area (Å²) in [6.45, 7) is 6.59. The Bertz CT molecular complexity index is 712. The molecule has 1 aromatic carbocycles. The fourth-order valence-electron chi connectivity index (χ4n) is 4.42. The van der Waals surface area contributed by atoms with Gasteiger partial charge in [0, 0.05) is 37.8 Å². The van der Waals surface area contributed by atoms with Crippen molar-refractivity contribution in [3.05, 3.63) is 35.1 Å². The SMILES string of the molecule is CCNC(=NCc1ccc(C#N)cc1F)NC1CCN(CC2CCCCC2)CC1. The van der Waals surface area contributed by atoms with Crippen molar-refractivity contribution in [2.75, 3.05) is 26.2 Å². The highest BCUT2D eigenvalue weighted by atomic mass is 19.1. The highest BCUT2D eigenvalue weighted by Gasteiger charge is 2.23. The van der Waals surface area contributed by atoms with Crippen LogP contribution < -0.4 is 10.6 Å². The normalized spacial score (nSPS) is 19.7. The van der Waals surface area contributed by atoms with Gasteiger partial charge in [0.05, 0.1) is 18.2 Å². The number of nitrogens with one attached hydrogen (secondary N) is 2. The summed E-state index contributed by atoms with van der Waals surface area (Å²) in [5.74, 6) is 1.26. The molecule has 2 N–H and O–H groups in total. The number of benzene rings is 1. The van der Waals surface area contributed by atoms with Crippen molar-refractivity contribution < 1.29 is 4.39 Å². The van der Waals surface area contributed by atoms with Crippen molar-refractivity contribution in [1.82, 2.24) is 15.5 Å². The fraction of sp³-hybridized carbons (Fsp3) is 0.652. The van der Waals surface area contributed by atoms with Gasteiger partial charge in [-0.25, -0.2) is 9.38 Å². The van der Waals surface area contributed by atoms with Crippen LogP contribution in [0.4, 0.5) is 4.39 Å². The van der Waals surface area contributed by atoms with E-state index in [-0.39, 0.29) is 12.4 Å². The van der Waals surface area contributed by atoms with Gasteiger partial charge in [0.1, 0.15) is 5.82 Å². The van der Waals surface area contributed by atoms with Crippen molar-refractivity contribution in [3.63, 3.8) is 0 Å². The lowest BCUT2D eigenvalue weighted by atomic mass is 9.88. The Morgan fingerprint density at radius 2 is 1.97 bits per heavy atom. The van der Waals surface area contributed by atoms with Crippen LogP contribution in [0.3, 0.4) is 0 Å². The predicted molar refractivity (Wildman–Crippen MR) is 115 cm³/mol. The first kappa shape index (κ1) is 21.6. The molecule has 2 aliphatic rings. The molecule has 1 heterocycles. The largest absolute Gasteiger partial charge is 0.357 e. The van der Waals surface area contributed by atoms with E-state index in [9.17, 15) is 4.39 Å². The third kappa shape index (κ3) is 6.71. The molecule has 2 fully saturated rings. The number of aliphatic imine (C=N–C) groups is 1. The Balaban J connectivity index is 1.49. The van der Waals surface area contributed by atoms with Crippen LogP contribution in [-0.4, -0.2) is 43.1 Å². The molecule has 0 aromatic heterocycles. The van der Waals surface area contributed by atoms with E-state index in [1.165, 1.54) is 44.7 Å². The average molecular weight is 400 g/mol. The number of hydrogen-bond acceptors (Lipinski definition) is 3. The standard InChI is InChI=1S/C23H34FN5/c1-2-26-23(27-16-20-9-8-19(15-25)14-22(20)24)28-21-10-12-29(13-11-21)17-18-6-4-3-5-7-18/h8-9,14,18,21H,2-7,10-13,16-17H2,1H3,(H2,26,27,28). The number of halogens is 1. The van der Waals surface area contributed by atoms with Crippen molar-refractivity contribution >= 4 is 5.96 Å². The minimum Gasteiger partial charge on any atom is -0.357 e. The number of nitrogens with zero attached hydrogens (tertiary/aromatic N) is 3. The quantitative estimate of drug-likeness (QED) is 0.564. The second kappa shape index (κ2) is 11.2. The van der Waals surface area contributed by atoms with E-state index in [2.05, 4.69) is 20.5 Å². The van der Waals surface area contributed by atoms with Crippen LogP contribution in [0.25, 0.3) is 0 Å². The molecule has 29 heavy (non-hydrogen) atoms. The van der Waals surface area contributed by atoms with Gasteiger partial charge in [-0.05, 0) is 50.7 Å². The topological polar surface area (TPSA) is 63.5 Å². The summed E-state index contributed by atoms with van der Waals surface area (Å²) >= 11 is 0. The summed E-state index contributed by atoms with van der Waals surface area (Å²) < 4.78 is 14.1. The van der Waals surface area contributed by atoms with Gasteiger partial charge in [-0.1, -0.05) is 25.3 Å². The lowest BCUT2D eigenvalue weighted by molar-refractivity contribution is 0.160. The molecule has 0 atom stereocenters. The van der Waals surface area contributed by atoms with Crippen molar-refractivity contribution in [2.45, 2.75) is 64.5 Å². The van der Waals surface area contributed by atoms with Gasteiger partial charge in [0.25, 0.3) is 0 Å². The third-order valence-corrected chi connectivity index (χ3v) is 6.10. The van der Waals surface area contributed by atoms with Gasteiger partial charge in [-0.15, -0.1) is 0 Å². The van der Waals surface area contributed by atoms with Crippen molar-refractivity contribution in [2.24, 2.45) is 10.9 Å². The van der Waals surface area contributed by atoms with Crippen LogP contribution in [0.15, 0.2) is 23.2 Å². The average Bonchev–Trinajstić information content (AvgIpc) is 2.75. The number of hydrogen-bond donors (Lipinski definition) is 2. The molecular weight excluding hydrogens is 365 g/mol. The van der Waals surface area contributed by atoms with E-state index in [1.807, 2.05) is 13.0 Å². The Morgan fingerprint density at radius 3 is 2.62 bits per heavy atom. The molecule has 0 amide bonds. The smallest absolute Gasteiger partial charge is 0.191 e. The van der Waals surface area contributed by atoms with Gasteiger partial charge in [0.2, 0.25) is 0 Å². The monoisotopic (exact) mass is 399 g/mol. The number of likely N-dealkylation sites (tertiary alicyclic amines) is 1. The maximum atomic E-state index is 14.1. The lowest BCUT2D eigenvalue weighted by Gasteiger charge is -2.36. The molecule has 0 radical (unpaired) electrons. The molecule has 0 bridgehead atoms. The Kier molecular flexibility index (Phi) is 8.30. The first-order chi connectivity index (χ1) is 14.2. The highest BCUT2D eigenvalue weighted by molar-refractivity contribution is 5.80. The molecule has 158 valence electrons. The maximum Gasteiger partial charge on any atom is 0.191 e. The Labute approximate surface area is 174 Å². The summed E-state index contributed by atoms with van der Waals surface area (Å²) in [6, 6.07) is 6.91. The second-order valence-electron chi connectivity index (χ2n) is 8.34. The van der Waals surface area contributed by atoms with Crippen molar-refractivity contribution in [1.29, 1.82) is 5.26 Å². The zero-order valence-electron chi connectivity index (χ0n) is 17.6. The highest BCUT2D eigenvalue weighted by Crippen LogP contribution is 2.25. The van der Waals surface area contributed by atoms with Gasteiger partial charge < -0.3 is 15.5 Å². The molecule has 5 nitrogen and oxygen atoms in total. The first-order valence-electron chi connectivity index (χ1n) is 11.1. The molecular formula is C23H34FN5. The molecule has 1 aliphatic heterocycles. The number of rotatable bonds is 6. The predicted octanol–water partition coefficient (Wildman–Crippen LogP) is 3.80. The first-order valence-corrected chi connectivity index (χ1v) is 11.1. The number of piperidine rings is 1. The van der Waals surface area contributed by atoms with Crippen LogP contribution in [0.5, 0.6) is 0 Å². The molecule has 0 unspecified atom stereocenters. The Morgan fingerprint density at radius 1 is 1.21 bits per heavy atom. The molecule has 1 saturated carbocycles. The van der Waals surface area contributed by atoms with Crippen LogP contribution in [0.2, 0.25) is 0 Å². The second-order valence-corrected chi connectivity index (χ2v) is 8.34. The zero-order valence-corrected chi connectivity index (χ0v) is 17.6. The van der Waals surface area contributed by atoms with Crippen LogP contribution in [0.1, 0.15) is 63.0 Å². The van der Waals surface area contributed by atoms with Gasteiger partial charge >= 0.3 is 0 Å².